The molecule has 0 aliphatic carbocycles. The average molecular weight is 282 g/mol. The van der Waals surface area contributed by atoms with Crippen LogP contribution >= 0.6 is 0 Å². The van der Waals surface area contributed by atoms with Crippen LogP contribution in [-0.4, -0.2) is 14.1 Å². The van der Waals surface area contributed by atoms with Crippen LogP contribution in [0.2, 0.25) is 0 Å². The summed E-state index contributed by atoms with van der Waals surface area (Å²) < 4.78 is 2.52. The summed E-state index contributed by atoms with van der Waals surface area (Å²) in [5.41, 5.74) is 6.62. The summed E-state index contributed by atoms with van der Waals surface area (Å²) in [6, 6.07) is 11.1. The molecule has 0 bridgehead atoms. The Hall–Kier alpha value is -2.89. The zero-order valence-corrected chi connectivity index (χ0v) is 11.5. The largest absolute Gasteiger partial charge is 0.398 e. The molecule has 6 heteroatoms. The van der Waals surface area contributed by atoms with Crippen LogP contribution in [0.3, 0.4) is 0 Å². The third-order valence-electron chi connectivity index (χ3n) is 3.44. The van der Waals surface area contributed by atoms with Crippen molar-refractivity contribution in [1.29, 1.82) is 0 Å². The molecule has 2 heterocycles. The minimum atomic E-state index is -0.426. The Morgan fingerprint density at radius 3 is 2.57 bits per heavy atom. The van der Waals surface area contributed by atoms with Gasteiger partial charge in [0, 0.05) is 18.9 Å². The molecule has 3 rings (SSSR count). The molecule has 1 aromatic carbocycles. The summed E-state index contributed by atoms with van der Waals surface area (Å²) in [6.07, 6.45) is 1.50. The van der Waals surface area contributed by atoms with E-state index >= 15 is 0 Å². The Kier molecular flexibility index (Phi) is 3.06. The van der Waals surface area contributed by atoms with Crippen LogP contribution in [0.25, 0.3) is 11.0 Å². The number of aromatic nitrogens is 3. The molecule has 0 saturated carbocycles. The van der Waals surface area contributed by atoms with Crippen molar-refractivity contribution in [3.63, 3.8) is 0 Å². The van der Waals surface area contributed by atoms with Crippen molar-refractivity contribution in [3.8, 4) is 0 Å². The van der Waals surface area contributed by atoms with E-state index in [1.807, 2.05) is 30.3 Å². The Bertz CT molecular complexity index is 926. The minimum absolute atomic E-state index is 0.274. The number of nitrogen functional groups attached to an aromatic ring is 1. The average Bonchev–Trinajstić information content (AvgIpc) is 2.50. The lowest BCUT2D eigenvalue weighted by molar-refractivity contribution is 0.668. The van der Waals surface area contributed by atoms with Gasteiger partial charge in [-0.1, -0.05) is 30.3 Å². The zero-order valence-electron chi connectivity index (χ0n) is 11.5. The first kappa shape index (κ1) is 13.1. The zero-order chi connectivity index (χ0) is 15.0. The number of hydrogen-bond acceptors (Lipinski definition) is 4. The van der Waals surface area contributed by atoms with Crippen molar-refractivity contribution in [2.24, 2.45) is 7.05 Å². The highest BCUT2D eigenvalue weighted by Gasteiger charge is 2.14. The molecule has 0 atom stereocenters. The molecule has 21 heavy (non-hydrogen) atoms. The molecule has 0 amide bonds. The maximum Gasteiger partial charge on any atom is 0.332 e. The van der Waals surface area contributed by atoms with E-state index in [1.54, 1.807) is 6.07 Å². The van der Waals surface area contributed by atoms with Crippen molar-refractivity contribution in [3.05, 3.63) is 69.0 Å². The van der Waals surface area contributed by atoms with E-state index in [0.29, 0.717) is 17.9 Å². The number of nitrogens with two attached hydrogens (primary N) is 1. The van der Waals surface area contributed by atoms with Crippen molar-refractivity contribution in [2.45, 2.75) is 6.54 Å². The van der Waals surface area contributed by atoms with E-state index in [1.165, 1.54) is 17.8 Å². The van der Waals surface area contributed by atoms with E-state index in [4.69, 9.17) is 5.73 Å². The molecule has 2 N–H and O–H groups in total. The van der Waals surface area contributed by atoms with E-state index in [2.05, 4.69) is 4.98 Å². The summed E-state index contributed by atoms with van der Waals surface area (Å²) >= 11 is 0. The highest BCUT2D eigenvalue weighted by Crippen LogP contribution is 2.13. The first-order valence-electron chi connectivity index (χ1n) is 6.47. The molecule has 0 aliphatic heterocycles. The minimum Gasteiger partial charge on any atom is -0.398 e. The molecule has 0 aliphatic rings. The molecule has 106 valence electrons. The van der Waals surface area contributed by atoms with Gasteiger partial charge in [-0.3, -0.25) is 13.9 Å². The van der Waals surface area contributed by atoms with Crippen molar-refractivity contribution < 1.29 is 0 Å². The van der Waals surface area contributed by atoms with Gasteiger partial charge in [0.15, 0.2) is 5.65 Å². The Morgan fingerprint density at radius 1 is 1.14 bits per heavy atom. The summed E-state index contributed by atoms with van der Waals surface area (Å²) in [4.78, 5) is 28.7. The maximum absolute atomic E-state index is 12.4. The number of pyridine rings is 1. The van der Waals surface area contributed by atoms with Crippen LogP contribution in [0.15, 0.2) is 52.2 Å². The van der Waals surface area contributed by atoms with Gasteiger partial charge in [0.1, 0.15) is 5.39 Å². The second-order valence-corrected chi connectivity index (χ2v) is 4.82. The van der Waals surface area contributed by atoms with Gasteiger partial charge < -0.3 is 5.73 Å². The Morgan fingerprint density at radius 2 is 1.86 bits per heavy atom. The van der Waals surface area contributed by atoms with Crippen LogP contribution < -0.4 is 17.0 Å². The number of anilines is 1. The van der Waals surface area contributed by atoms with Gasteiger partial charge >= 0.3 is 5.69 Å². The van der Waals surface area contributed by atoms with E-state index < -0.39 is 11.2 Å². The van der Waals surface area contributed by atoms with E-state index in [0.717, 1.165) is 10.1 Å². The van der Waals surface area contributed by atoms with E-state index in [-0.39, 0.29) is 5.39 Å². The first-order chi connectivity index (χ1) is 10.1. The Labute approximate surface area is 120 Å². The van der Waals surface area contributed by atoms with Gasteiger partial charge in [-0.25, -0.2) is 9.78 Å². The summed E-state index contributed by atoms with van der Waals surface area (Å²) in [5.74, 6) is 0. The molecule has 3 aromatic rings. The van der Waals surface area contributed by atoms with Crippen molar-refractivity contribution in [2.75, 3.05) is 5.73 Å². The third-order valence-corrected chi connectivity index (χ3v) is 3.44. The van der Waals surface area contributed by atoms with Crippen LogP contribution in [0.4, 0.5) is 5.69 Å². The smallest absolute Gasteiger partial charge is 0.332 e. The fourth-order valence-corrected chi connectivity index (χ4v) is 2.32. The van der Waals surface area contributed by atoms with Gasteiger partial charge in [-0.2, -0.15) is 0 Å². The molecular formula is C15H14N4O2. The van der Waals surface area contributed by atoms with Gasteiger partial charge in [-0.15, -0.1) is 0 Å². The molecule has 0 spiro atoms. The van der Waals surface area contributed by atoms with Crippen LogP contribution in [0, 0.1) is 0 Å². The normalized spacial score (nSPS) is 10.9. The third kappa shape index (κ3) is 2.10. The Balaban J connectivity index is 2.35. The van der Waals surface area contributed by atoms with Gasteiger partial charge in [0.05, 0.1) is 6.54 Å². The lowest BCUT2D eigenvalue weighted by atomic mass is 10.2. The predicted octanol–water partition coefficient (Wildman–Crippen LogP) is 0.726. The fraction of sp³-hybridized carbons (Fsp3) is 0.133. The lowest BCUT2D eigenvalue weighted by Gasteiger charge is -2.12. The van der Waals surface area contributed by atoms with Crippen molar-refractivity contribution >= 4 is 16.7 Å². The highest BCUT2D eigenvalue weighted by atomic mass is 16.2. The fourth-order valence-electron chi connectivity index (χ4n) is 2.32. The number of benzene rings is 1. The first-order valence-corrected chi connectivity index (χ1v) is 6.47. The van der Waals surface area contributed by atoms with Gasteiger partial charge in [0.25, 0.3) is 5.56 Å². The van der Waals surface area contributed by atoms with Crippen molar-refractivity contribution in [1.82, 2.24) is 14.1 Å². The standard InChI is InChI=1S/C15H14N4O2/c1-18-14(20)12-11(16)7-8-17-13(12)19(15(18)21)9-10-5-3-2-4-6-10/h2-8H,9H2,1H3,(H2,16,17). The topological polar surface area (TPSA) is 82.9 Å². The predicted molar refractivity (Wildman–Crippen MR) is 81.2 cm³/mol. The second-order valence-electron chi connectivity index (χ2n) is 4.82. The highest BCUT2D eigenvalue weighted by molar-refractivity contribution is 5.86. The molecular weight excluding hydrogens is 268 g/mol. The van der Waals surface area contributed by atoms with Crippen LogP contribution in [-0.2, 0) is 13.6 Å². The quantitative estimate of drug-likeness (QED) is 0.751. The summed E-state index contributed by atoms with van der Waals surface area (Å²) in [6.45, 7) is 0.334. The van der Waals surface area contributed by atoms with Crippen LogP contribution in [0.5, 0.6) is 0 Å². The number of hydrogen-bond donors (Lipinski definition) is 1. The SMILES string of the molecule is Cn1c(=O)c2c(N)ccnc2n(Cc2ccccc2)c1=O. The monoisotopic (exact) mass is 282 g/mol. The second kappa shape index (κ2) is 4.90. The molecule has 0 saturated heterocycles. The van der Waals surface area contributed by atoms with Crippen LogP contribution in [0.1, 0.15) is 5.56 Å². The number of rotatable bonds is 2. The summed E-state index contributed by atoms with van der Waals surface area (Å²) in [7, 11) is 1.44. The maximum atomic E-state index is 12.4. The number of nitrogens with zero attached hydrogens (tertiary/aromatic N) is 3. The van der Waals surface area contributed by atoms with E-state index in [9.17, 15) is 9.59 Å². The van der Waals surface area contributed by atoms with Gasteiger partial charge in [0.2, 0.25) is 0 Å². The number of fused-ring (bicyclic) bond motifs is 1. The molecule has 0 radical (unpaired) electrons. The molecule has 2 aromatic heterocycles. The molecule has 6 nitrogen and oxygen atoms in total. The summed E-state index contributed by atoms with van der Waals surface area (Å²) in [5, 5.41) is 0.274. The molecule has 0 unspecified atom stereocenters. The lowest BCUT2D eigenvalue weighted by Crippen LogP contribution is -2.39. The van der Waals surface area contributed by atoms with Gasteiger partial charge in [-0.05, 0) is 11.6 Å². The molecule has 0 fully saturated rings.